The van der Waals surface area contributed by atoms with E-state index in [9.17, 15) is 20.4 Å². The Labute approximate surface area is 388 Å². The van der Waals surface area contributed by atoms with Crippen molar-refractivity contribution in [2.45, 2.75) is 208 Å². The number of hydrogen-bond donors (Lipinski definition) is 7. The molecule has 1 aliphatic carbocycles. The van der Waals surface area contributed by atoms with Crippen LogP contribution in [0, 0.1) is 81.6 Å². The summed E-state index contributed by atoms with van der Waals surface area (Å²) >= 11 is 0. The van der Waals surface area contributed by atoms with Crippen LogP contribution in [0.2, 0.25) is 0 Å². The average molecular weight is 1060 g/mol. The van der Waals surface area contributed by atoms with Gasteiger partial charge in [0.05, 0.1) is 12.1 Å². The molecule has 1 aromatic rings. The second-order valence-corrected chi connectivity index (χ2v) is 19.6. The summed E-state index contributed by atoms with van der Waals surface area (Å²) in [6.45, 7) is 32.8. The van der Waals surface area contributed by atoms with Gasteiger partial charge in [-0.25, -0.2) is 0 Å². The quantitative estimate of drug-likeness (QED) is 0.0178. The Balaban J connectivity index is 0.0000124. The maximum atomic E-state index is 11.2. The number of aliphatic hydroxyl groups excluding tert-OH is 4. The molecule has 1 saturated carbocycles. The molecular formula is C48H85N6O5U-. The Morgan fingerprint density at radius 1 is 0.917 bits per heavy atom. The van der Waals surface area contributed by atoms with E-state index < -0.39 is 24.9 Å². The van der Waals surface area contributed by atoms with Gasteiger partial charge < -0.3 is 35.8 Å². The zero-order valence-corrected chi connectivity index (χ0v) is 43.4. The van der Waals surface area contributed by atoms with Crippen molar-refractivity contribution in [1.29, 1.82) is 0 Å². The topological polar surface area (TPSA) is 163 Å². The summed E-state index contributed by atoms with van der Waals surface area (Å²) in [6, 6.07) is -0.414. The van der Waals surface area contributed by atoms with Crippen molar-refractivity contribution in [1.82, 2.24) is 16.0 Å². The van der Waals surface area contributed by atoms with E-state index >= 15 is 0 Å². The van der Waals surface area contributed by atoms with Crippen molar-refractivity contribution in [3.63, 3.8) is 0 Å². The number of benzene rings is 1. The maximum absolute atomic E-state index is 11.2. The number of rotatable bonds is 30. The fourth-order valence-electron chi connectivity index (χ4n) is 9.27. The summed E-state index contributed by atoms with van der Waals surface area (Å²) < 4.78 is 6.95. The molecule has 2 aliphatic rings. The molecule has 342 valence electrons. The van der Waals surface area contributed by atoms with Gasteiger partial charge in [0.25, 0.3) is 0 Å². The number of ether oxygens (including phenoxy) is 1. The van der Waals surface area contributed by atoms with Crippen LogP contribution in [0.1, 0.15) is 166 Å². The average Bonchev–Trinajstić information content (AvgIpc) is 3.96. The number of nitrogens with one attached hydrogen (secondary N) is 3. The largest absolute Gasteiger partial charge is 0.487 e. The van der Waals surface area contributed by atoms with Crippen molar-refractivity contribution in [2.24, 2.45) is 38.1 Å². The van der Waals surface area contributed by atoms with Crippen LogP contribution in [-0.4, -0.2) is 95.8 Å². The summed E-state index contributed by atoms with van der Waals surface area (Å²) in [4.78, 5) is 12.0. The number of unbranched alkanes of at least 4 members (excludes halogenated alkanes) is 3. The van der Waals surface area contributed by atoms with Gasteiger partial charge in [0.2, 0.25) is 6.35 Å². The van der Waals surface area contributed by atoms with E-state index in [1.807, 2.05) is 26.6 Å². The summed E-state index contributed by atoms with van der Waals surface area (Å²) in [7, 11) is 0. The predicted molar refractivity (Wildman–Crippen MR) is 246 cm³/mol. The monoisotopic (exact) mass is 1060 g/mol. The predicted octanol–water partition coefficient (Wildman–Crippen LogP) is 7.84. The molecule has 11 nitrogen and oxygen atoms in total. The van der Waals surface area contributed by atoms with Crippen LogP contribution >= 0.6 is 0 Å². The Bertz CT molecular complexity index is 1480. The van der Waals surface area contributed by atoms with Gasteiger partial charge in [-0.05, 0) is 182 Å². The van der Waals surface area contributed by atoms with E-state index in [0.717, 1.165) is 76.5 Å². The molecule has 1 fully saturated rings. The first kappa shape index (κ1) is 54.9. The fourth-order valence-corrected chi connectivity index (χ4v) is 9.27. The van der Waals surface area contributed by atoms with Crippen LogP contribution in [0.3, 0.4) is 0 Å². The molecule has 0 bridgehead atoms. The molecule has 0 spiro atoms. The first-order valence-electron chi connectivity index (χ1n) is 22.9. The van der Waals surface area contributed by atoms with Crippen molar-refractivity contribution in [3.05, 3.63) is 34.4 Å². The van der Waals surface area contributed by atoms with Gasteiger partial charge in [-0.15, -0.1) is 6.04 Å². The Morgan fingerprint density at radius 2 is 1.63 bits per heavy atom. The molecular weight excluding hydrogens is 979 g/mol. The van der Waals surface area contributed by atoms with Crippen LogP contribution in [-0.2, 0) is 6.42 Å². The Hall–Kier alpha value is -1.20. The zero-order chi connectivity index (χ0) is 43.9. The first-order chi connectivity index (χ1) is 27.8. The second-order valence-electron chi connectivity index (χ2n) is 19.6. The van der Waals surface area contributed by atoms with Gasteiger partial charge >= 0.3 is 0 Å². The maximum Gasteiger partial charge on any atom is 0.201 e. The summed E-state index contributed by atoms with van der Waals surface area (Å²) in [5.41, 5.74) is 6.75. The van der Waals surface area contributed by atoms with Gasteiger partial charge in [0.15, 0.2) is 0 Å². The van der Waals surface area contributed by atoms with E-state index in [1.165, 1.54) is 40.7 Å². The molecule has 9 unspecified atom stereocenters. The molecule has 7 N–H and O–H groups in total. The molecule has 12 heteroatoms. The van der Waals surface area contributed by atoms with Gasteiger partial charge in [-0.1, -0.05) is 60.8 Å². The molecule has 9 atom stereocenters. The third-order valence-electron chi connectivity index (χ3n) is 12.9. The number of aliphatic hydroxyl groups is 4. The number of aliphatic imine (C=N–C) groups is 3. The van der Waals surface area contributed by atoms with Crippen molar-refractivity contribution < 1.29 is 56.3 Å². The zero-order valence-electron chi connectivity index (χ0n) is 39.2. The van der Waals surface area contributed by atoms with Crippen molar-refractivity contribution in [2.75, 3.05) is 13.1 Å². The van der Waals surface area contributed by atoms with E-state index in [4.69, 9.17) is 4.74 Å². The molecule has 3 rings (SSSR count). The summed E-state index contributed by atoms with van der Waals surface area (Å²) in [5, 5.41) is 51.6. The van der Waals surface area contributed by atoms with Crippen LogP contribution in [0.4, 0.5) is 0 Å². The molecule has 0 saturated heterocycles. The minimum Gasteiger partial charge on any atom is -0.487 e. The van der Waals surface area contributed by atoms with Crippen LogP contribution in [0.25, 0.3) is 0 Å². The van der Waals surface area contributed by atoms with Gasteiger partial charge in [-0.2, -0.15) is 0 Å². The van der Waals surface area contributed by atoms with E-state index in [2.05, 4.69) is 99.8 Å². The van der Waals surface area contributed by atoms with Crippen LogP contribution in [0.5, 0.6) is 5.75 Å². The normalized spacial score (nSPS) is 22.1. The van der Waals surface area contributed by atoms with E-state index in [0.29, 0.717) is 31.2 Å². The SMILES string of the molecule is C=NC(O)NCCCC([CH-]NCCCCCC=NC(O)CCC(O)C1CC1c1c(C)c(C)c2c(c1C)CCC(C)(CC(C)(C)CCC(C)C)O2)NC(O)C(N=C)C(C)C.[U]. The van der Waals surface area contributed by atoms with Crippen molar-refractivity contribution >= 4 is 19.6 Å². The van der Waals surface area contributed by atoms with Crippen LogP contribution < -0.4 is 20.7 Å². The smallest absolute Gasteiger partial charge is 0.201 e. The number of fused-ring (bicyclic) bond motifs is 1. The molecule has 1 heterocycles. The fraction of sp³-hybridized carbons (Fsp3) is 0.792. The van der Waals surface area contributed by atoms with E-state index in [-0.39, 0.29) is 66.0 Å². The standard InChI is InChI=1S/C48H85N6O5.U/c1-31(2)21-23-47(8,9)30-48(10)24-22-37-35(7)42(33(5)34(6)44(37)59-48)39-28-38(39)40(55)19-20-41(56)52-26-16-14-13-15-25-51-29-36(18-17-27-53-46(58)50-12)54-45(57)43(49-11)32(3)4;/h26,29,31-32,36,38-41,43,45-46,51,53-58H,11-25,27-28,30H2,1-10H3;/q-1;. The summed E-state index contributed by atoms with van der Waals surface area (Å²) in [5.74, 6) is 2.52. The third-order valence-corrected chi connectivity index (χ3v) is 12.9. The molecule has 60 heavy (non-hydrogen) atoms. The molecule has 1 aliphatic heterocycles. The molecule has 0 amide bonds. The van der Waals surface area contributed by atoms with Crippen LogP contribution in [0.15, 0.2) is 15.0 Å². The molecule has 0 aromatic heterocycles. The second kappa shape index (κ2) is 26.6. The van der Waals surface area contributed by atoms with Gasteiger partial charge in [0, 0.05) is 37.3 Å². The molecule has 0 radical (unpaired) electrons. The summed E-state index contributed by atoms with van der Waals surface area (Å²) in [6.07, 6.45) is 11.6. The Morgan fingerprint density at radius 3 is 2.28 bits per heavy atom. The number of nitrogens with zero attached hydrogens (tertiary/aromatic N) is 3. The minimum atomic E-state index is -0.979. The number of hydrogen-bond acceptors (Lipinski definition) is 11. The first-order valence-corrected chi connectivity index (χ1v) is 22.9. The molecule has 1 aromatic carbocycles. The van der Waals surface area contributed by atoms with E-state index in [1.54, 1.807) is 0 Å². The van der Waals surface area contributed by atoms with Crippen molar-refractivity contribution in [3.8, 4) is 5.75 Å². The minimum absolute atomic E-state index is 0. The Kier molecular flexibility index (Phi) is 24.3. The third kappa shape index (κ3) is 17.8. The van der Waals surface area contributed by atoms with Gasteiger partial charge in [0.1, 0.15) is 23.8 Å². The van der Waals surface area contributed by atoms with Gasteiger partial charge in [-0.3, -0.25) is 26.8 Å².